The molecule has 1 nitrogen and oxygen atoms in total. The van der Waals surface area contributed by atoms with Crippen LogP contribution in [0.15, 0.2) is 0 Å². The highest BCUT2D eigenvalue weighted by Gasteiger charge is 2.14. The minimum absolute atomic E-state index is 0.992. The quantitative estimate of drug-likeness (QED) is 0.430. The van der Waals surface area contributed by atoms with Gasteiger partial charge in [-0.3, -0.25) is 0 Å². The first-order valence-electron chi connectivity index (χ1n) is 5.73. The molecule has 0 saturated heterocycles. The molecule has 0 bridgehead atoms. The van der Waals surface area contributed by atoms with Gasteiger partial charge in [-0.2, -0.15) is 0 Å². The lowest BCUT2D eigenvalue weighted by Crippen LogP contribution is -2.21. The van der Waals surface area contributed by atoms with E-state index >= 15 is 0 Å². The van der Waals surface area contributed by atoms with E-state index in [0.717, 1.165) is 5.92 Å². The summed E-state index contributed by atoms with van der Waals surface area (Å²) in [6.07, 6.45) is 10.1. The first-order valence-corrected chi connectivity index (χ1v) is 6.70. The second-order valence-electron chi connectivity index (χ2n) is 4.23. The van der Waals surface area contributed by atoms with Gasteiger partial charge in [-0.15, -0.1) is 0 Å². The Morgan fingerprint density at radius 3 is 2.31 bits per heavy atom. The van der Waals surface area contributed by atoms with Crippen LogP contribution in [0.4, 0.5) is 0 Å². The summed E-state index contributed by atoms with van der Waals surface area (Å²) in [7, 11) is 0. The molecule has 1 saturated carbocycles. The molecular formula is C11H22IN. The standard InChI is InChI=1S/C11H22IN/c1-2-9-13(12)10-11-7-5-3-4-6-8-11/h11H,2-10H2,1H3. The van der Waals surface area contributed by atoms with Gasteiger partial charge in [0.2, 0.25) is 0 Å². The zero-order valence-electron chi connectivity index (χ0n) is 8.77. The van der Waals surface area contributed by atoms with Crippen molar-refractivity contribution in [2.75, 3.05) is 13.1 Å². The highest BCUT2D eigenvalue weighted by atomic mass is 127. The number of halogens is 1. The van der Waals surface area contributed by atoms with Gasteiger partial charge in [-0.1, -0.05) is 32.6 Å². The molecular weight excluding hydrogens is 273 g/mol. The molecule has 78 valence electrons. The Bertz CT molecular complexity index is 119. The second-order valence-corrected chi connectivity index (χ2v) is 5.59. The lowest BCUT2D eigenvalue weighted by molar-refractivity contribution is 0.360. The number of rotatable bonds is 4. The van der Waals surface area contributed by atoms with Crippen LogP contribution in [0.5, 0.6) is 0 Å². The minimum Gasteiger partial charge on any atom is -0.247 e. The van der Waals surface area contributed by atoms with Crippen molar-refractivity contribution in [3.63, 3.8) is 0 Å². The van der Waals surface area contributed by atoms with Gasteiger partial charge in [-0.05, 0) is 25.2 Å². The first kappa shape index (κ1) is 11.8. The van der Waals surface area contributed by atoms with Crippen molar-refractivity contribution in [2.45, 2.75) is 51.9 Å². The molecule has 0 atom stereocenters. The molecule has 2 heteroatoms. The molecule has 1 rings (SSSR count). The van der Waals surface area contributed by atoms with E-state index in [-0.39, 0.29) is 0 Å². The van der Waals surface area contributed by atoms with Gasteiger partial charge >= 0.3 is 0 Å². The van der Waals surface area contributed by atoms with Crippen LogP contribution >= 0.6 is 22.9 Å². The van der Waals surface area contributed by atoms with Crippen molar-refractivity contribution in [3.05, 3.63) is 0 Å². The normalized spacial score (nSPS) is 20.5. The summed E-state index contributed by atoms with van der Waals surface area (Å²) in [4.78, 5) is 0. The van der Waals surface area contributed by atoms with Crippen molar-refractivity contribution in [3.8, 4) is 0 Å². The van der Waals surface area contributed by atoms with Crippen LogP contribution in [0.3, 0.4) is 0 Å². The Kier molecular flexibility index (Phi) is 6.37. The van der Waals surface area contributed by atoms with Crippen LogP contribution in [-0.2, 0) is 0 Å². The fourth-order valence-electron chi connectivity index (χ4n) is 2.16. The maximum absolute atomic E-state index is 2.49. The molecule has 0 N–H and O–H groups in total. The van der Waals surface area contributed by atoms with Crippen LogP contribution in [0.1, 0.15) is 51.9 Å². The third-order valence-electron chi connectivity index (χ3n) is 2.90. The smallest absolute Gasteiger partial charge is 0.0201 e. The first-order chi connectivity index (χ1) is 6.33. The van der Waals surface area contributed by atoms with E-state index in [0.29, 0.717) is 0 Å². The molecule has 0 aromatic rings. The van der Waals surface area contributed by atoms with E-state index in [4.69, 9.17) is 0 Å². The number of hydrogen-bond donors (Lipinski definition) is 0. The van der Waals surface area contributed by atoms with Gasteiger partial charge in [-0.25, -0.2) is 3.11 Å². The largest absolute Gasteiger partial charge is 0.247 e. The Morgan fingerprint density at radius 2 is 1.77 bits per heavy atom. The summed E-state index contributed by atoms with van der Waals surface area (Å²) in [5.41, 5.74) is 0. The molecule has 1 aliphatic rings. The monoisotopic (exact) mass is 295 g/mol. The molecule has 0 aromatic carbocycles. The summed E-state index contributed by atoms with van der Waals surface area (Å²) in [5, 5.41) is 0. The highest BCUT2D eigenvalue weighted by molar-refractivity contribution is 14.1. The summed E-state index contributed by atoms with van der Waals surface area (Å²) in [5.74, 6) is 0.992. The summed E-state index contributed by atoms with van der Waals surface area (Å²) >= 11 is 2.49. The third kappa shape index (κ3) is 5.21. The van der Waals surface area contributed by atoms with Crippen molar-refractivity contribution in [1.82, 2.24) is 3.11 Å². The van der Waals surface area contributed by atoms with Crippen molar-refractivity contribution < 1.29 is 0 Å². The van der Waals surface area contributed by atoms with Gasteiger partial charge in [0.25, 0.3) is 0 Å². The molecule has 0 aliphatic heterocycles. The topological polar surface area (TPSA) is 3.24 Å². The molecule has 0 radical (unpaired) electrons. The zero-order chi connectivity index (χ0) is 9.52. The van der Waals surface area contributed by atoms with E-state index in [1.165, 1.54) is 58.0 Å². The third-order valence-corrected chi connectivity index (χ3v) is 3.77. The van der Waals surface area contributed by atoms with Gasteiger partial charge < -0.3 is 0 Å². The van der Waals surface area contributed by atoms with Gasteiger partial charge in [0.1, 0.15) is 0 Å². The van der Waals surface area contributed by atoms with Crippen molar-refractivity contribution in [1.29, 1.82) is 0 Å². The average Bonchev–Trinajstić information content (AvgIpc) is 2.33. The molecule has 13 heavy (non-hydrogen) atoms. The predicted molar refractivity (Wildman–Crippen MR) is 67.1 cm³/mol. The van der Waals surface area contributed by atoms with Crippen molar-refractivity contribution >= 4 is 22.9 Å². The van der Waals surface area contributed by atoms with Crippen LogP contribution in [0, 0.1) is 5.92 Å². The zero-order valence-corrected chi connectivity index (χ0v) is 10.9. The summed E-state index contributed by atoms with van der Waals surface area (Å²) < 4.78 is 2.48. The second kappa shape index (κ2) is 7.04. The SMILES string of the molecule is CCCN(I)CC1CCCCCC1. The van der Waals surface area contributed by atoms with Crippen LogP contribution in [0.25, 0.3) is 0 Å². The van der Waals surface area contributed by atoms with E-state index in [1.807, 2.05) is 0 Å². The van der Waals surface area contributed by atoms with Gasteiger partial charge in [0.05, 0.1) is 0 Å². The Labute approximate surface area is 96.8 Å². The molecule has 0 amide bonds. The molecule has 1 fully saturated rings. The average molecular weight is 295 g/mol. The Hall–Kier alpha value is 0.690. The van der Waals surface area contributed by atoms with Crippen molar-refractivity contribution in [2.24, 2.45) is 5.92 Å². The maximum Gasteiger partial charge on any atom is 0.0201 e. The Balaban J connectivity index is 2.17. The molecule has 1 aliphatic carbocycles. The lowest BCUT2D eigenvalue weighted by atomic mass is 10.0. The van der Waals surface area contributed by atoms with Crippen LogP contribution < -0.4 is 0 Å². The lowest BCUT2D eigenvalue weighted by Gasteiger charge is -2.20. The molecule has 0 heterocycles. The van der Waals surface area contributed by atoms with E-state index in [1.54, 1.807) is 0 Å². The number of nitrogens with zero attached hydrogens (tertiary/aromatic N) is 1. The minimum atomic E-state index is 0.992. The molecule has 0 unspecified atom stereocenters. The van der Waals surface area contributed by atoms with Crippen LogP contribution in [0.2, 0.25) is 0 Å². The maximum atomic E-state index is 2.49. The predicted octanol–water partition coefficient (Wildman–Crippen LogP) is 4.02. The molecule has 0 spiro atoms. The fraction of sp³-hybridized carbons (Fsp3) is 1.00. The summed E-state index contributed by atoms with van der Waals surface area (Å²) in [6.45, 7) is 4.85. The van der Waals surface area contributed by atoms with E-state index in [9.17, 15) is 0 Å². The highest BCUT2D eigenvalue weighted by Crippen LogP contribution is 2.24. The number of hydrogen-bond acceptors (Lipinski definition) is 1. The Morgan fingerprint density at radius 1 is 1.15 bits per heavy atom. The van der Waals surface area contributed by atoms with Gasteiger partial charge in [0, 0.05) is 36.0 Å². The fourth-order valence-corrected chi connectivity index (χ4v) is 3.20. The van der Waals surface area contributed by atoms with E-state index < -0.39 is 0 Å². The molecule has 0 aromatic heterocycles. The summed E-state index contributed by atoms with van der Waals surface area (Å²) in [6, 6.07) is 0. The van der Waals surface area contributed by atoms with Gasteiger partial charge in [0.15, 0.2) is 0 Å². The van der Waals surface area contributed by atoms with Crippen LogP contribution in [-0.4, -0.2) is 16.2 Å². The van der Waals surface area contributed by atoms with E-state index in [2.05, 4.69) is 32.9 Å².